The van der Waals surface area contributed by atoms with Gasteiger partial charge in [0.25, 0.3) is 0 Å². The Labute approximate surface area is 115 Å². The van der Waals surface area contributed by atoms with Gasteiger partial charge < -0.3 is 5.32 Å². The van der Waals surface area contributed by atoms with E-state index in [1.54, 1.807) is 6.20 Å². The van der Waals surface area contributed by atoms with Crippen LogP contribution >= 0.6 is 15.9 Å². The summed E-state index contributed by atoms with van der Waals surface area (Å²) in [4.78, 5) is 8.79. The lowest BCUT2D eigenvalue weighted by Crippen LogP contribution is -2.12. The average Bonchev–Trinajstić information content (AvgIpc) is 2.82. The third-order valence-electron chi connectivity index (χ3n) is 2.42. The molecule has 0 aromatic carbocycles. The summed E-state index contributed by atoms with van der Waals surface area (Å²) in [5.74, 6) is 1.72. The molecule has 0 saturated heterocycles. The molecule has 0 amide bonds. The highest BCUT2D eigenvalue weighted by Crippen LogP contribution is 2.13. The van der Waals surface area contributed by atoms with Crippen LogP contribution in [0.25, 0.3) is 0 Å². The van der Waals surface area contributed by atoms with Crippen LogP contribution in [0.3, 0.4) is 0 Å². The largest absolute Gasteiger partial charge is 0.368 e. The predicted octanol–water partition coefficient (Wildman–Crippen LogP) is 2.50. The number of rotatable bonds is 6. The molecule has 0 spiro atoms. The van der Waals surface area contributed by atoms with Gasteiger partial charge in [-0.25, -0.2) is 9.97 Å². The summed E-state index contributed by atoms with van der Waals surface area (Å²) in [6, 6.07) is 3.81. The molecule has 0 saturated carbocycles. The fraction of sp³-hybridized carbons (Fsp3) is 0.417. The maximum atomic E-state index is 4.46. The second-order valence-electron chi connectivity index (χ2n) is 3.94. The zero-order chi connectivity index (χ0) is 12.8. The summed E-state index contributed by atoms with van der Waals surface area (Å²) < 4.78 is 2.71. The third kappa shape index (κ3) is 3.80. The van der Waals surface area contributed by atoms with E-state index in [9.17, 15) is 0 Å². The Bertz CT molecular complexity index is 483. The Hall–Kier alpha value is -1.43. The van der Waals surface area contributed by atoms with Gasteiger partial charge in [0.15, 0.2) is 0 Å². The first-order valence-electron chi connectivity index (χ1n) is 6.02. The quantitative estimate of drug-likeness (QED) is 0.833. The predicted molar refractivity (Wildman–Crippen MR) is 74.4 cm³/mol. The number of hydrogen-bond acceptors (Lipinski definition) is 4. The Kier molecular flexibility index (Phi) is 4.69. The summed E-state index contributed by atoms with van der Waals surface area (Å²) in [7, 11) is 0. The number of nitrogens with one attached hydrogen (secondary N) is 1. The van der Waals surface area contributed by atoms with Crippen LogP contribution in [0.4, 0.5) is 5.82 Å². The van der Waals surface area contributed by atoms with Gasteiger partial charge in [0, 0.05) is 31.4 Å². The van der Waals surface area contributed by atoms with Crippen molar-refractivity contribution in [2.75, 3.05) is 11.9 Å². The second kappa shape index (κ2) is 6.49. The Morgan fingerprint density at radius 2 is 2.28 bits per heavy atom. The van der Waals surface area contributed by atoms with E-state index in [4.69, 9.17) is 0 Å². The van der Waals surface area contributed by atoms with Crippen molar-refractivity contribution in [1.82, 2.24) is 19.7 Å². The summed E-state index contributed by atoms with van der Waals surface area (Å²) >= 11 is 3.40. The van der Waals surface area contributed by atoms with Gasteiger partial charge in [0.05, 0.1) is 6.54 Å². The van der Waals surface area contributed by atoms with Crippen LogP contribution in [0, 0.1) is 0 Å². The van der Waals surface area contributed by atoms with Crippen molar-refractivity contribution in [3.05, 3.63) is 35.0 Å². The van der Waals surface area contributed by atoms with E-state index in [1.165, 1.54) is 0 Å². The maximum absolute atomic E-state index is 4.46. The number of aromatic nitrogens is 4. The van der Waals surface area contributed by atoms with Crippen LogP contribution in [0.1, 0.15) is 19.2 Å². The number of halogens is 1. The lowest BCUT2D eigenvalue weighted by Gasteiger charge is -2.07. The summed E-state index contributed by atoms with van der Waals surface area (Å²) in [6.07, 6.45) is 5.66. The van der Waals surface area contributed by atoms with Gasteiger partial charge in [-0.1, -0.05) is 6.92 Å². The van der Waals surface area contributed by atoms with Crippen molar-refractivity contribution in [2.45, 2.75) is 26.3 Å². The first-order valence-corrected chi connectivity index (χ1v) is 6.82. The van der Waals surface area contributed by atoms with Gasteiger partial charge in [-0.2, -0.15) is 5.10 Å². The molecule has 2 aromatic heterocycles. The van der Waals surface area contributed by atoms with Crippen molar-refractivity contribution in [3.8, 4) is 0 Å². The van der Waals surface area contributed by atoms with Crippen LogP contribution in [-0.2, 0) is 13.0 Å². The molecule has 2 rings (SSSR count). The molecule has 0 aliphatic heterocycles. The molecule has 0 radical (unpaired) electrons. The van der Waals surface area contributed by atoms with E-state index < -0.39 is 0 Å². The molecule has 0 unspecified atom stereocenters. The van der Waals surface area contributed by atoms with Gasteiger partial charge >= 0.3 is 0 Å². The zero-order valence-electron chi connectivity index (χ0n) is 10.3. The second-order valence-corrected chi connectivity index (χ2v) is 4.75. The fourth-order valence-corrected chi connectivity index (χ4v) is 2.04. The molecular formula is C12H16BrN5. The van der Waals surface area contributed by atoms with E-state index in [0.717, 1.165) is 42.2 Å². The molecule has 0 aliphatic carbocycles. The first kappa shape index (κ1) is 13.0. The molecule has 2 aromatic rings. The van der Waals surface area contributed by atoms with E-state index in [0.29, 0.717) is 0 Å². The minimum absolute atomic E-state index is 0.788. The monoisotopic (exact) mass is 309 g/mol. The van der Waals surface area contributed by atoms with Gasteiger partial charge in [0.2, 0.25) is 0 Å². The summed E-state index contributed by atoms with van der Waals surface area (Å²) in [6.45, 7) is 3.73. The third-order valence-corrected chi connectivity index (χ3v) is 2.83. The molecule has 2 heterocycles. The molecule has 5 nitrogen and oxygen atoms in total. The summed E-state index contributed by atoms with van der Waals surface area (Å²) in [5.41, 5.74) is 0. The average molecular weight is 310 g/mol. The van der Waals surface area contributed by atoms with Crippen LogP contribution in [0.2, 0.25) is 0 Å². The number of anilines is 1. The van der Waals surface area contributed by atoms with Crippen LogP contribution in [-0.4, -0.2) is 26.3 Å². The molecule has 1 N–H and O–H groups in total. The fourth-order valence-electron chi connectivity index (χ4n) is 1.62. The lowest BCUT2D eigenvalue weighted by atomic mass is 10.3. The zero-order valence-corrected chi connectivity index (χ0v) is 11.9. The van der Waals surface area contributed by atoms with E-state index in [2.05, 4.69) is 43.2 Å². The van der Waals surface area contributed by atoms with Gasteiger partial charge in [-0.15, -0.1) is 0 Å². The number of aryl methyl sites for hydroxylation is 1. The Morgan fingerprint density at radius 1 is 1.39 bits per heavy atom. The number of hydrogen-bond donors (Lipinski definition) is 1. The van der Waals surface area contributed by atoms with Crippen molar-refractivity contribution < 1.29 is 0 Å². The molecule has 0 atom stereocenters. The highest BCUT2D eigenvalue weighted by Gasteiger charge is 2.02. The van der Waals surface area contributed by atoms with Gasteiger partial charge in [-0.3, -0.25) is 4.68 Å². The van der Waals surface area contributed by atoms with Crippen molar-refractivity contribution >= 4 is 21.7 Å². The standard InChI is InChI=1S/C12H16BrN5/c1-2-4-11-16-10(13)9-12(17-11)14-6-8-18-7-3-5-15-18/h3,5,7,9H,2,4,6,8H2,1H3,(H,14,16,17). The molecule has 0 aliphatic rings. The van der Waals surface area contributed by atoms with Crippen molar-refractivity contribution in [3.63, 3.8) is 0 Å². The van der Waals surface area contributed by atoms with E-state index >= 15 is 0 Å². The van der Waals surface area contributed by atoms with E-state index in [1.807, 2.05) is 23.0 Å². The SMILES string of the molecule is CCCc1nc(Br)cc(NCCn2cccn2)n1. The van der Waals surface area contributed by atoms with Crippen LogP contribution in [0.15, 0.2) is 29.1 Å². The lowest BCUT2D eigenvalue weighted by molar-refractivity contribution is 0.636. The highest BCUT2D eigenvalue weighted by molar-refractivity contribution is 9.10. The summed E-state index contributed by atoms with van der Waals surface area (Å²) in [5, 5.41) is 7.43. The minimum Gasteiger partial charge on any atom is -0.368 e. The normalized spacial score (nSPS) is 10.6. The maximum Gasteiger partial charge on any atom is 0.132 e. The Balaban J connectivity index is 1.92. The molecule has 96 valence electrons. The first-order chi connectivity index (χ1) is 8.78. The van der Waals surface area contributed by atoms with Crippen molar-refractivity contribution in [1.29, 1.82) is 0 Å². The number of nitrogens with zero attached hydrogens (tertiary/aromatic N) is 4. The molecule has 0 fully saturated rings. The van der Waals surface area contributed by atoms with E-state index in [-0.39, 0.29) is 0 Å². The van der Waals surface area contributed by atoms with Gasteiger partial charge in [0.1, 0.15) is 16.2 Å². The van der Waals surface area contributed by atoms with Crippen molar-refractivity contribution in [2.24, 2.45) is 0 Å². The molecule has 18 heavy (non-hydrogen) atoms. The topological polar surface area (TPSA) is 55.6 Å². The molecule has 0 bridgehead atoms. The van der Waals surface area contributed by atoms with Crippen LogP contribution in [0.5, 0.6) is 0 Å². The Morgan fingerprint density at radius 3 is 3.00 bits per heavy atom. The van der Waals surface area contributed by atoms with Crippen LogP contribution < -0.4 is 5.32 Å². The molecular weight excluding hydrogens is 294 g/mol. The minimum atomic E-state index is 0.788. The van der Waals surface area contributed by atoms with Gasteiger partial charge in [-0.05, 0) is 28.4 Å². The highest BCUT2D eigenvalue weighted by atomic mass is 79.9. The smallest absolute Gasteiger partial charge is 0.132 e. The molecule has 6 heteroatoms.